The zero-order chi connectivity index (χ0) is 26.1. The van der Waals surface area contributed by atoms with Gasteiger partial charge in [0, 0.05) is 23.3 Å². The number of phenols is 1. The quantitative estimate of drug-likeness (QED) is 0.393. The number of hydrogen-bond acceptors (Lipinski definition) is 9. The number of aromatic hydroxyl groups is 1. The van der Waals surface area contributed by atoms with E-state index in [2.05, 4.69) is 4.98 Å². The molecule has 2 aromatic rings. The molecule has 10 heteroatoms. The van der Waals surface area contributed by atoms with Crippen molar-refractivity contribution < 1.29 is 34.8 Å². The Morgan fingerprint density at radius 3 is 2.47 bits per heavy atom. The molecule has 3 aliphatic carbocycles. The van der Waals surface area contributed by atoms with E-state index in [1.54, 1.807) is 44.6 Å². The molecule has 0 unspecified atom stereocenters. The normalized spacial score (nSPS) is 27.6. The minimum Gasteiger partial charge on any atom is -0.508 e. The smallest absolute Gasteiger partial charge is 0.255 e. The van der Waals surface area contributed by atoms with Crippen LogP contribution in [0.4, 0.5) is 0 Å². The van der Waals surface area contributed by atoms with Crippen LogP contribution in [0.5, 0.6) is 5.75 Å². The van der Waals surface area contributed by atoms with Crippen LogP contribution < -0.4 is 5.73 Å². The molecular weight excluding hydrogens is 466 g/mol. The van der Waals surface area contributed by atoms with Gasteiger partial charge in [0.15, 0.2) is 11.4 Å². The summed E-state index contributed by atoms with van der Waals surface area (Å²) in [5, 5.41) is 44.4. The first-order valence-corrected chi connectivity index (χ1v) is 11.4. The van der Waals surface area contributed by atoms with Crippen molar-refractivity contribution in [3.63, 3.8) is 0 Å². The van der Waals surface area contributed by atoms with Gasteiger partial charge in [0.2, 0.25) is 5.78 Å². The maximum absolute atomic E-state index is 13.8. The maximum atomic E-state index is 13.8. The predicted molar refractivity (Wildman–Crippen MR) is 127 cm³/mol. The number of amides is 1. The van der Waals surface area contributed by atoms with Gasteiger partial charge in [0.1, 0.15) is 22.8 Å². The van der Waals surface area contributed by atoms with E-state index < -0.39 is 58.0 Å². The number of phenolic OH excluding ortho intramolecular Hbond substituents is 1. The van der Waals surface area contributed by atoms with Crippen molar-refractivity contribution in [3.8, 4) is 17.0 Å². The number of benzene rings is 1. The van der Waals surface area contributed by atoms with Crippen LogP contribution in [0.2, 0.25) is 0 Å². The van der Waals surface area contributed by atoms with E-state index in [1.165, 1.54) is 11.0 Å². The lowest BCUT2D eigenvalue weighted by molar-refractivity contribution is -0.153. The van der Waals surface area contributed by atoms with Gasteiger partial charge >= 0.3 is 0 Å². The van der Waals surface area contributed by atoms with Gasteiger partial charge < -0.3 is 26.2 Å². The summed E-state index contributed by atoms with van der Waals surface area (Å²) in [6.45, 7) is 0. The molecule has 1 heterocycles. The van der Waals surface area contributed by atoms with Gasteiger partial charge in [-0.1, -0.05) is 6.07 Å². The molecule has 1 aromatic heterocycles. The summed E-state index contributed by atoms with van der Waals surface area (Å²) < 4.78 is 0. The summed E-state index contributed by atoms with van der Waals surface area (Å²) in [5.74, 6) is -6.75. The molecule has 3 aliphatic rings. The molecule has 10 nitrogen and oxygen atoms in total. The van der Waals surface area contributed by atoms with Gasteiger partial charge in [-0.15, -0.1) is 0 Å². The third kappa shape index (κ3) is 3.04. The predicted octanol–water partition coefficient (Wildman–Crippen LogP) is 1.03. The van der Waals surface area contributed by atoms with Crippen LogP contribution in [-0.4, -0.2) is 73.5 Å². The van der Waals surface area contributed by atoms with E-state index in [-0.39, 0.29) is 29.7 Å². The van der Waals surface area contributed by atoms with Gasteiger partial charge in [0.25, 0.3) is 5.91 Å². The number of aromatic nitrogens is 1. The number of aliphatic hydroxyl groups is 3. The molecule has 4 atom stereocenters. The second-order valence-electron chi connectivity index (χ2n) is 9.66. The minimum atomic E-state index is -2.65. The minimum absolute atomic E-state index is 0.0308. The van der Waals surface area contributed by atoms with Gasteiger partial charge in [-0.2, -0.15) is 0 Å². The molecule has 1 saturated carbocycles. The van der Waals surface area contributed by atoms with Crippen molar-refractivity contribution in [2.24, 2.45) is 17.6 Å². The Hall–Kier alpha value is -4.02. The molecular formula is C26H25N3O7. The molecule has 36 heavy (non-hydrogen) atoms. The molecule has 0 radical (unpaired) electrons. The number of carbonyl (C=O) groups is 3. The van der Waals surface area contributed by atoms with Gasteiger partial charge in [-0.25, -0.2) is 0 Å². The summed E-state index contributed by atoms with van der Waals surface area (Å²) in [6, 6.07) is 7.28. The summed E-state index contributed by atoms with van der Waals surface area (Å²) in [5.41, 5.74) is 3.53. The lowest BCUT2D eigenvalue weighted by Crippen LogP contribution is -2.65. The molecule has 186 valence electrons. The van der Waals surface area contributed by atoms with E-state index in [0.717, 1.165) is 0 Å². The van der Waals surface area contributed by atoms with Crippen molar-refractivity contribution in [2.45, 2.75) is 24.5 Å². The largest absolute Gasteiger partial charge is 0.508 e. The average molecular weight is 492 g/mol. The number of primary amides is 1. The van der Waals surface area contributed by atoms with Crippen molar-refractivity contribution in [2.75, 3.05) is 14.1 Å². The zero-order valence-electron chi connectivity index (χ0n) is 19.6. The Morgan fingerprint density at radius 1 is 1.14 bits per heavy atom. The zero-order valence-corrected chi connectivity index (χ0v) is 19.6. The lowest BCUT2D eigenvalue weighted by atomic mass is 9.57. The molecule has 0 aliphatic heterocycles. The summed E-state index contributed by atoms with van der Waals surface area (Å²) in [7, 11) is 3.12. The number of ketones is 2. The number of nitrogens with two attached hydrogens (primary N) is 1. The number of pyridine rings is 1. The number of hydrogen-bond donors (Lipinski definition) is 5. The second-order valence-corrected chi connectivity index (χ2v) is 9.66. The van der Waals surface area contributed by atoms with Crippen LogP contribution in [0.15, 0.2) is 53.4 Å². The number of rotatable bonds is 3. The fraction of sp³-hybridized carbons (Fsp3) is 0.308. The number of Topliss-reactive ketones (excluding diaryl/α,β-unsaturated/α-hetero) is 2. The van der Waals surface area contributed by atoms with Gasteiger partial charge in [-0.3, -0.25) is 24.3 Å². The van der Waals surface area contributed by atoms with Crippen molar-refractivity contribution in [1.82, 2.24) is 9.88 Å². The van der Waals surface area contributed by atoms with Crippen LogP contribution in [0.25, 0.3) is 17.0 Å². The Labute approximate surface area is 206 Å². The first-order valence-electron chi connectivity index (χ1n) is 11.4. The molecule has 6 N–H and O–H groups in total. The molecule has 0 saturated heterocycles. The number of aliphatic hydroxyl groups excluding tert-OH is 2. The lowest BCUT2D eigenvalue weighted by Gasteiger charge is -2.50. The maximum Gasteiger partial charge on any atom is 0.255 e. The van der Waals surface area contributed by atoms with Crippen LogP contribution in [0, 0.1) is 11.8 Å². The highest BCUT2D eigenvalue weighted by Crippen LogP contribution is 2.53. The van der Waals surface area contributed by atoms with Crippen LogP contribution >= 0.6 is 0 Å². The summed E-state index contributed by atoms with van der Waals surface area (Å²) in [4.78, 5) is 44.8. The van der Waals surface area contributed by atoms with E-state index in [9.17, 15) is 34.8 Å². The van der Waals surface area contributed by atoms with Crippen molar-refractivity contribution in [3.05, 3.63) is 64.6 Å². The summed E-state index contributed by atoms with van der Waals surface area (Å²) >= 11 is 0. The Kier molecular flexibility index (Phi) is 5.27. The molecule has 0 spiro atoms. The molecule has 1 amide bonds. The highest BCUT2D eigenvalue weighted by atomic mass is 16.3. The highest BCUT2D eigenvalue weighted by Gasteiger charge is 2.64. The van der Waals surface area contributed by atoms with Crippen molar-refractivity contribution >= 4 is 23.2 Å². The fourth-order valence-electron chi connectivity index (χ4n) is 6.01. The first-order chi connectivity index (χ1) is 17.0. The third-order valence-electron chi connectivity index (χ3n) is 7.55. The topological polar surface area (TPSA) is 174 Å². The van der Waals surface area contributed by atoms with E-state index in [4.69, 9.17) is 5.73 Å². The van der Waals surface area contributed by atoms with Gasteiger partial charge in [-0.05, 0) is 62.7 Å². The Bertz CT molecular complexity index is 1400. The van der Waals surface area contributed by atoms with E-state index >= 15 is 0 Å². The Morgan fingerprint density at radius 2 is 1.86 bits per heavy atom. The highest BCUT2D eigenvalue weighted by molar-refractivity contribution is 6.24. The fourth-order valence-corrected chi connectivity index (χ4v) is 6.01. The number of nitrogens with zero attached hydrogens (tertiary/aromatic N) is 2. The third-order valence-corrected chi connectivity index (χ3v) is 7.55. The van der Waals surface area contributed by atoms with Crippen LogP contribution in [-0.2, 0) is 20.8 Å². The number of likely N-dealkylation sites (N-methyl/N-ethyl adjacent to an activating group) is 1. The summed E-state index contributed by atoms with van der Waals surface area (Å²) in [6.07, 6.45) is 1.85. The van der Waals surface area contributed by atoms with Gasteiger partial charge in [0.05, 0.1) is 17.3 Å². The monoisotopic (exact) mass is 491 g/mol. The molecule has 1 aromatic carbocycles. The molecule has 0 bridgehead atoms. The SMILES string of the molecule is CN(C)[C@@H]1C(=O)C(C(N)=O)=C(O)[C@@]2(O)C(=O)C3=C(O)c4c(O)ccc(-c5ccccn5)c4C[C@H]3C[C@@H]12. The molecule has 1 fully saturated rings. The number of fused-ring (bicyclic) bond motifs is 3. The standard InChI is InChI=1S/C26H25N3O7/c1-29(2)20-14-10-11-9-13-12(15-5-3-4-8-28-15)6-7-16(30)18(13)21(31)17(11)23(33)26(14,36)24(34)19(22(20)32)25(27)35/h3-8,11,14,20,30-31,34,36H,9-10H2,1-2H3,(H2,27,35)/t11-,14-,20-,26-/m0/s1. The van der Waals surface area contributed by atoms with E-state index in [0.29, 0.717) is 16.8 Å². The first kappa shape index (κ1) is 23.7. The molecule has 5 rings (SSSR count). The van der Waals surface area contributed by atoms with Crippen LogP contribution in [0.3, 0.4) is 0 Å². The second kappa shape index (κ2) is 8.00. The van der Waals surface area contributed by atoms with Crippen LogP contribution in [0.1, 0.15) is 17.5 Å². The number of carbonyl (C=O) groups excluding carboxylic acids is 3. The van der Waals surface area contributed by atoms with Crippen molar-refractivity contribution in [1.29, 1.82) is 0 Å². The average Bonchev–Trinajstić information content (AvgIpc) is 2.81. The van der Waals surface area contributed by atoms with E-state index in [1.807, 2.05) is 0 Å². The Balaban J connectivity index is 1.75.